The van der Waals surface area contributed by atoms with Crippen molar-refractivity contribution in [2.45, 2.75) is 32.2 Å². The Morgan fingerprint density at radius 2 is 1.87 bits per heavy atom. The molecule has 2 atom stereocenters. The molecule has 0 aliphatic rings. The average Bonchev–Trinajstić information content (AvgIpc) is 2.77. The van der Waals surface area contributed by atoms with E-state index in [0.717, 1.165) is 18.7 Å². The molecule has 2 unspecified atom stereocenters. The number of hydrogen-bond acceptors (Lipinski definition) is 8. The number of methoxy groups -OCH3 is 1. The SMILES string of the molecule is COC(=O)c1cc(C(O)C(O)CCNC(=O)OCc2ccccc2)cc([N+](=O)[O-])c1C. The second kappa shape index (κ2) is 11.0. The first kappa shape index (κ1) is 23.8. The Labute approximate surface area is 178 Å². The van der Waals surface area contributed by atoms with E-state index in [-0.39, 0.29) is 42.0 Å². The number of amides is 1. The summed E-state index contributed by atoms with van der Waals surface area (Å²) in [5.41, 5.74) is 0.421. The number of nitro groups is 1. The van der Waals surface area contributed by atoms with Crippen molar-refractivity contribution >= 4 is 17.7 Å². The van der Waals surface area contributed by atoms with Crippen molar-refractivity contribution in [2.24, 2.45) is 0 Å². The van der Waals surface area contributed by atoms with Crippen molar-refractivity contribution in [3.63, 3.8) is 0 Å². The van der Waals surface area contributed by atoms with Crippen LogP contribution < -0.4 is 5.32 Å². The van der Waals surface area contributed by atoms with Gasteiger partial charge in [0.25, 0.3) is 5.69 Å². The Bertz CT molecular complexity index is 932. The molecule has 0 fully saturated rings. The molecule has 0 spiro atoms. The first-order valence-corrected chi connectivity index (χ1v) is 9.42. The predicted octanol–water partition coefficient (Wildman–Crippen LogP) is 2.40. The van der Waals surface area contributed by atoms with Crippen LogP contribution in [0.15, 0.2) is 42.5 Å². The Morgan fingerprint density at radius 1 is 1.19 bits per heavy atom. The van der Waals surface area contributed by atoms with E-state index in [1.807, 2.05) is 18.2 Å². The molecular formula is C21H24N2O8. The zero-order valence-corrected chi connectivity index (χ0v) is 17.1. The molecule has 10 heteroatoms. The molecule has 31 heavy (non-hydrogen) atoms. The zero-order chi connectivity index (χ0) is 23.0. The Kier molecular flexibility index (Phi) is 8.47. The number of nitrogens with zero attached hydrogens (tertiary/aromatic N) is 1. The first-order chi connectivity index (χ1) is 14.7. The summed E-state index contributed by atoms with van der Waals surface area (Å²) in [5, 5.41) is 34.4. The van der Waals surface area contributed by atoms with E-state index in [4.69, 9.17) is 4.74 Å². The molecule has 0 heterocycles. The van der Waals surface area contributed by atoms with Gasteiger partial charge in [-0.25, -0.2) is 9.59 Å². The second-order valence-electron chi connectivity index (χ2n) is 6.75. The molecular weight excluding hydrogens is 408 g/mol. The number of hydrogen-bond donors (Lipinski definition) is 3. The molecule has 166 valence electrons. The van der Waals surface area contributed by atoms with Crippen molar-refractivity contribution in [1.82, 2.24) is 5.32 Å². The molecule has 0 bridgehead atoms. The Morgan fingerprint density at radius 3 is 2.48 bits per heavy atom. The summed E-state index contributed by atoms with van der Waals surface area (Å²) in [6.45, 7) is 1.47. The summed E-state index contributed by atoms with van der Waals surface area (Å²) in [6, 6.07) is 11.4. The highest BCUT2D eigenvalue weighted by Gasteiger charge is 2.26. The van der Waals surface area contributed by atoms with Gasteiger partial charge in [-0.3, -0.25) is 10.1 Å². The molecule has 10 nitrogen and oxygen atoms in total. The summed E-state index contributed by atoms with van der Waals surface area (Å²) in [4.78, 5) is 34.3. The number of benzene rings is 2. The molecule has 2 aromatic carbocycles. The van der Waals surface area contributed by atoms with E-state index in [9.17, 15) is 29.9 Å². The fourth-order valence-corrected chi connectivity index (χ4v) is 2.88. The molecule has 0 saturated heterocycles. The van der Waals surface area contributed by atoms with Gasteiger partial charge in [-0.2, -0.15) is 0 Å². The second-order valence-corrected chi connectivity index (χ2v) is 6.75. The number of aliphatic hydroxyl groups is 2. The van der Waals surface area contributed by atoms with Crippen LogP contribution in [0, 0.1) is 17.0 Å². The number of esters is 1. The van der Waals surface area contributed by atoms with Crippen molar-refractivity contribution in [1.29, 1.82) is 0 Å². The predicted molar refractivity (Wildman–Crippen MR) is 109 cm³/mol. The highest BCUT2D eigenvalue weighted by Crippen LogP contribution is 2.29. The van der Waals surface area contributed by atoms with Crippen molar-refractivity contribution in [3.8, 4) is 0 Å². The fraction of sp³-hybridized carbons (Fsp3) is 0.333. The summed E-state index contributed by atoms with van der Waals surface area (Å²) in [7, 11) is 1.13. The number of carbonyl (C=O) groups excluding carboxylic acids is 2. The number of nitrogens with one attached hydrogen (secondary N) is 1. The van der Waals surface area contributed by atoms with Gasteiger partial charge >= 0.3 is 12.1 Å². The topological polar surface area (TPSA) is 148 Å². The maximum atomic E-state index is 11.9. The third kappa shape index (κ3) is 6.49. The van der Waals surface area contributed by atoms with Crippen LogP contribution in [0.25, 0.3) is 0 Å². The molecule has 1 amide bonds. The van der Waals surface area contributed by atoms with Crippen LogP contribution in [0.1, 0.15) is 39.6 Å². The molecule has 3 N–H and O–H groups in total. The molecule has 0 aromatic heterocycles. The summed E-state index contributed by atoms with van der Waals surface area (Å²) >= 11 is 0. The lowest BCUT2D eigenvalue weighted by atomic mass is 9.96. The van der Waals surface area contributed by atoms with E-state index in [1.54, 1.807) is 12.1 Å². The minimum absolute atomic E-state index is 0.0103. The number of alkyl carbamates (subject to hydrolysis) is 1. The highest BCUT2D eigenvalue weighted by molar-refractivity contribution is 5.92. The summed E-state index contributed by atoms with van der Waals surface area (Å²) in [5.74, 6) is -0.799. The van der Waals surface area contributed by atoms with Gasteiger partial charge in [0.2, 0.25) is 0 Å². The third-order valence-corrected chi connectivity index (χ3v) is 4.63. The van der Waals surface area contributed by atoms with Crippen molar-refractivity contribution in [2.75, 3.05) is 13.7 Å². The normalized spacial score (nSPS) is 12.5. The monoisotopic (exact) mass is 432 g/mol. The van der Waals surface area contributed by atoms with Crippen LogP contribution in [-0.4, -0.2) is 47.0 Å². The highest BCUT2D eigenvalue weighted by atomic mass is 16.6. The van der Waals surface area contributed by atoms with Gasteiger partial charge in [0.15, 0.2) is 0 Å². The minimum Gasteiger partial charge on any atom is -0.465 e. The molecule has 0 aliphatic heterocycles. The van der Waals surface area contributed by atoms with Crippen LogP contribution in [0.4, 0.5) is 10.5 Å². The smallest absolute Gasteiger partial charge is 0.407 e. The van der Waals surface area contributed by atoms with E-state index in [2.05, 4.69) is 10.1 Å². The van der Waals surface area contributed by atoms with E-state index in [1.165, 1.54) is 13.0 Å². The van der Waals surface area contributed by atoms with Gasteiger partial charge < -0.3 is 25.0 Å². The van der Waals surface area contributed by atoms with Gasteiger partial charge in [0, 0.05) is 18.2 Å². The number of ether oxygens (including phenoxy) is 2. The lowest BCUT2D eigenvalue weighted by molar-refractivity contribution is -0.385. The first-order valence-electron chi connectivity index (χ1n) is 9.42. The summed E-state index contributed by atoms with van der Waals surface area (Å²) < 4.78 is 9.67. The standard InChI is InChI=1S/C21H24N2O8/c1-13-16(20(26)30-2)10-15(11-17(13)23(28)29)19(25)18(24)8-9-22-21(27)31-12-14-6-4-3-5-7-14/h3-7,10-11,18-19,24-25H,8-9,12H2,1-2H3,(H,22,27). The van der Waals surface area contributed by atoms with Gasteiger partial charge in [0.1, 0.15) is 12.7 Å². The zero-order valence-electron chi connectivity index (χ0n) is 17.1. The third-order valence-electron chi connectivity index (χ3n) is 4.63. The lowest BCUT2D eigenvalue weighted by Crippen LogP contribution is -2.30. The largest absolute Gasteiger partial charge is 0.465 e. The molecule has 0 radical (unpaired) electrons. The van der Waals surface area contributed by atoms with Gasteiger partial charge in [-0.1, -0.05) is 30.3 Å². The quantitative estimate of drug-likeness (QED) is 0.311. The van der Waals surface area contributed by atoms with Gasteiger partial charge in [-0.05, 0) is 30.5 Å². The van der Waals surface area contributed by atoms with Crippen LogP contribution in [-0.2, 0) is 16.1 Å². The molecule has 2 rings (SSSR count). The average molecular weight is 432 g/mol. The summed E-state index contributed by atoms with van der Waals surface area (Å²) in [6.07, 6.45) is -3.63. The van der Waals surface area contributed by atoms with Crippen LogP contribution in [0.3, 0.4) is 0 Å². The van der Waals surface area contributed by atoms with E-state index >= 15 is 0 Å². The number of nitro benzene ring substituents is 1. The van der Waals surface area contributed by atoms with Crippen molar-refractivity contribution < 1.29 is 34.2 Å². The van der Waals surface area contributed by atoms with Gasteiger partial charge in [0.05, 0.1) is 23.7 Å². The molecule has 2 aromatic rings. The minimum atomic E-state index is -1.52. The van der Waals surface area contributed by atoms with Crippen molar-refractivity contribution in [3.05, 3.63) is 74.8 Å². The Balaban J connectivity index is 1.97. The molecule has 0 aliphatic carbocycles. The number of carbonyl (C=O) groups is 2. The fourth-order valence-electron chi connectivity index (χ4n) is 2.88. The van der Waals surface area contributed by atoms with Gasteiger partial charge in [-0.15, -0.1) is 0 Å². The van der Waals surface area contributed by atoms with E-state index in [0.29, 0.717) is 0 Å². The van der Waals surface area contributed by atoms with Crippen LogP contribution in [0.5, 0.6) is 0 Å². The molecule has 0 saturated carbocycles. The maximum Gasteiger partial charge on any atom is 0.407 e. The Hall–Kier alpha value is -3.50. The maximum absolute atomic E-state index is 11.9. The van der Waals surface area contributed by atoms with E-state index < -0.39 is 29.2 Å². The lowest BCUT2D eigenvalue weighted by Gasteiger charge is -2.19. The number of aliphatic hydroxyl groups excluding tert-OH is 2. The van der Waals surface area contributed by atoms with Crippen LogP contribution in [0.2, 0.25) is 0 Å². The number of rotatable bonds is 9. The van der Waals surface area contributed by atoms with Crippen LogP contribution >= 0.6 is 0 Å².